The highest BCUT2D eigenvalue weighted by Crippen LogP contribution is 2.30. The van der Waals surface area contributed by atoms with Gasteiger partial charge in [0, 0.05) is 19.9 Å². The molecule has 0 aliphatic heterocycles. The minimum atomic E-state index is -0.694. The van der Waals surface area contributed by atoms with Crippen molar-refractivity contribution >= 4 is 11.9 Å². The van der Waals surface area contributed by atoms with Crippen LogP contribution in [0, 0.1) is 11.8 Å². The van der Waals surface area contributed by atoms with Crippen molar-refractivity contribution in [1.29, 1.82) is 0 Å². The summed E-state index contributed by atoms with van der Waals surface area (Å²) in [7, 11) is 0. The highest BCUT2D eigenvalue weighted by atomic mass is 16.4. The largest absolute Gasteiger partial charge is 0.481 e. The summed E-state index contributed by atoms with van der Waals surface area (Å²) < 4.78 is 0. The molecule has 0 bridgehead atoms. The third-order valence-electron chi connectivity index (χ3n) is 3.07. The zero-order valence-corrected chi connectivity index (χ0v) is 9.16. The third kappa shape index (κ3) is 4.81. The summed E-state index contributed by atoms with van der Waals surface area (Å²) in [5, 5.41) is 11.5. The summed E-state index contributed by atoms with van der Waals surface area (Å²) in [6.45, 7) is 2.27. The Morgan fingerprint density at radius 3 is 2.20 bits per heavy atom. The van der Waals surface area contributed by atoms with Crippen molar-refractivity contribution in [1.82, 2.24) is 5.32 Å². The van der Waals surface area contributed by atoms with Gasteiger partial charge in [-0.2, -0.15) is 0 Å². The fourth-order valence-corrected chi connectivity index (χ4v) is 2.17. The summed E-state index contributed by atoms with van der Waals surface area (Å²) in [6.07, 6.45) is 4.34. The van der Waals surface area contributed by atoms with E-state index in [9.17, 15) is 9.59 Å². The van der Waals surface area contributed by atoms with E-state index in [1.807, 2.05) is 0 Å². The highest BCUT2D eigenvalue weighted by molar-refractivity contribution is 5.72. The number of aliphatic carboxylic acids is 1. The number of nitrogens with one attached hydrogen (secondary N) is 1. The molecule has 0 atom stereocenters. The maximum absolute atomic E-state index is 10.7. The average Bonchev–Trinajstić information content (AvgIpc) is 2.16. The van der Waals surface area contributed by atoms with Crippen molar-refractivity contribution in [2.24, 2.45) is 11.8 Å². The lowest BCUT2D eigenvalue weighted by Crippen LogP contribution is -2.29. The van der Waals surface area contributed by atoms with Gasteiger partial charge in [0.1, 0.15) is 0 Å². The van der Waals surface area contributed by atoms with Gasteiger partial charge in [0.25, 0.3) is 0 Å². The first kappa shape index (κ1) is 12.0. The average molecular weight is 213 g/mol. The first-order valence-electron chi connectivity index (χ1n) is 5.54. The fourth-order valence-electron chi connectivity index (χ4n) is 2.17. The van der Waals surface area contributed by atoms with Gasteiger partial charge in [0.05, 0.1) is 0 Å². The molecular weight excluding hydrogens is 194 g/mol. The number of rotatable bonds is 4. The summed E-state index contributed by atoms with van der Waals surface area (Å²) >= 11 is 0. The molecule has 86 valence electrons. The smallest absolute Gasteiger partial charge is 0.303 e. The predicted molar refractivity (Wildman–Crippen MR) is 56.4 cm³/mol. The van der Waals surface area contributed by atoms with Crippen molar-refractivity contribution in [3.05, 3.63) is 0 Å². The van der Waals surface area contributed by atoms with Crippen LogP contribution in [0.5, 0.6) is 0 Å². The van der Waals surface area contributed by atoms with Crippen molar-refractivity contribution in [2.75, 3.05) is 6.54 Å². The van der Waals surface area contributed by atoms with Crippen LogP contribution in [0.15, 0.2) is 0 Å². The number of carbonyl (C=O) groups excluding carboxylic acids is 1. The fraction of sp³-hybridized carbons (Fsp3) is 0.818. The van der Waals surface area contributed by atoms with Gasteiger partial charge in [0.2, 0.25) is 5.91 Å². The second-order valence-electron chi connectivity index (χ2n) is 4.42. The lowest BCUT2D eigenvalue weighted by molar-refractivity contribution is -0.138. The number of carbonyl (C=O) groups is 2. The molecule has 15 heavy (non-hydrogen) atoms. The van der Waals surface area contributed by atoms with E-state index in [4.69, 9.17) is 5.11 Å². The van der Waals surface area contributed by atoms with Gasteiger partial charge in [-0.25, -0.2) is 0 Å². The van der Waals surface area contributed by atoms with E-state index in [0.717, 1.165) is 32.2 Å². The Morgan fingerprint density at radius 2 is 1.73 bits per heavy atom. The maximum Gasteiger partial charge on any atom is 0.303 e. The molecule has 0 aromatic rings. The second kappa shape index (κ2) is 5.73. The van der Waals surface area contributed by atoms with Gasteiger partial charge in [0.15, 0.2) is 0 Å². The van der Waals surface area contributed by atoms with E-state index in [1.54, 1.807) is 0 Å². The van der Waals surface area contributed by atoms with Crippen LogP contribution in [0.25, 0.3) is 0 Å². The molecular formula is C11H19NO3. The van der Waals surface area contributed by atoms with Crippen LogP contribution in [0.1, 0.15) is 39.0 Å². The summed E-state index contributed by atoms with van der Waals surface area (Å²) in [5.41, 5.74) is 0. The molecule has 1 amide bonds. The van der Waals surface area contributed by atoms with Crippen LogP contribution in [0.2, 0.25) is 0 Å². The predicted octanol–water partition coefficient (Wildman–Crippen LogP) is 1.40. The normalized spacial score (nSPS) is 25.9. The molecule has 4 nitrogen and oxygen atoms in total. The molecule has 0 heterocycles. The first-order valence-corrected chi connectivity index (χ1v) is 5.54. The van der Waals surface area contributed by atoms with Crippen molar-refractivity contribution in [3.63, 3.8) is 0 Å². The van der Waals surface area contributed by atoms with Crippen LogP contribution in [-0.2, 0) is 9.59 Å². The number of hydrogen-bond donors (Lipinski definition) is 2. The van der Waals surface area contributed by atoms with Gasteiger partial charge in [-0.1, -0.05) is 0 Å². The van der Waals surface area contributed by atoms with Crippen LogP contribution in [0.3, 0.4) is 0 Å². The molecule has 0 unspecified atom stereocenters. The lowest BCUT2D eigenvalue weighted by Gasteiger charge is -2.27. The number of amides is 1. The van der Waals surface area contributed by atoms with E-state index in [1.165, 1.54) is 6.92 Å². The molecule has 1 saturated carbocycles. The molecule has 1 fully saturated rings. The topological polar surface area (TPSA) is 66.4 Å². The Morgan fingerprint density at radius 1 is 1.20 bits per heavy atom. The van der Waals surface area contributed by atoms with Crippen molar-refractivity contribution in [3.8, 4) is 0 Å². The Bertz CT molecular complexity index is 232. The molecule has 1 aliphatic rings. The molecule has 1 aliphatic carbocycles. The van der Waals surface area contributed by atoms with E-state index in [-0.39, 0.29) is 5.91 Å². The van der Waals surface area contributed by atoms with Crippen molar-refractivity contribution in [2.45, 2.75) is 39.0 Å². The summed E-state index contributed by atoms with van der Waals surface area (Å²) in [5.74, 6) is 0.206. The third-order valence-corrected chi connectivity index (χ3v) is 3.07. The standard InChI is InChI=1S/C11H19NO3/c1-8(13)12-7-10-4-2-9(3-5-10)6-11(14)15/h9-10H,2-7H2,1H3,(H,12,13)(H,14,15)/t9-,10-. The SMILES string of the molecule is CC(=O)NC[C@H]1CC[C@H](CC(=O)O)CC1. The Hall–Kier alpha value is -1.06. The molecule has 0 saturated heterocycles. The maximum atomic E-state index is 10.7. The molecule has 0 aromatic heterocycles. The highest BCUT2D eigenvalue weighted by Gasteiger charge is 2.22. The number of carboxylic acid groups (broad SMARTS) is 1. The minimum Gasteiger partial charge on any atom is -0.481 e. The van der Waals surface area contributed by atoms with Crippen LogP contribution >= 0.6 is 0 Å². The number of carboxylic acids is 1. The van der Waals surface area contributed by atoms with Crippen LogP contribution in [-0.4, -0.2) is 23.5 Å². The van der Waals surface area contributed by atoms with Gasteiger partial charge < -0.3 is 10.4 Å². The molecule has 0 spiro atoms. The van der Waals surface area contributed by atoms with Crippen LogP contribution in [0.4, 0.5) is 0 Å². The zero-order valence-electron chi connectivity index (χ0n) is 9.16. The van der Waals surface area contributed by atoms with E-state index in [0.29, 0.717) is 18.3 Å². The van der Waals surface area contributed by atoms with Gasteiger partial charge >= 0.3 is 5.97 Å². The van der Waals surface area contributed by atoms with Gasteiger partial charge in [-0.05, 0) is 37.5 Å². The van der Waals surface area contributed by atoms with Crippen LogP contribution < -0.4 is 5.32 Å². The monoisotopic (exact) mass is 213 g/mol. The Balaban J connectivity index is 2.18. The number of hydrogen-bond acceptors (Lipinski definition) is 2. The summed E-state index contributed by atoms with van der Waals surface area (Å²) in [6, 6.07) is 0. The minimum absolute atomic E-state index is 0.0164. The Kier molecular flexibility index (Phi) is 4.59. The second-order valence-corrected chi connectivity index (χ2v) is 4.42. The van der Waals surface area contributed by atoms with Gasteiger partial charge in [-0.15, -0.1) is 0 Å². The molecule has 0 radical (unpaired) electrons. The van der Waals surface area contributed by atoms with E-state index < -0.39 is 5.97 Å². The van der Waals surface area contributed by atoms with E-state index in [2.05, 4.69) is 5.32 Å². The zero-order chi connectivity index (χ0) is 11.3. The molecule has 1 rings (SSSR count). The lowest BCUT2D eigenvalue weighted by atomic mass is 9.80. The molecule has 2 N–H and O–H groups in total. The Labute approximate surface area is 90.0 Å². The molecule has 4 heteroatoms. The van der Waals surface area contributed by atoms with Gasteiger partial charge in [-0.3, -0.25) is 9.59 Å². The van der Waals surface area contributed by atoms with E-state index >= 15 is 0 Å². The summed E-state index contributed by atoms with van der Waals surface area (Å²) in [4.78, 5) is 21.2. The molecule has 0 aromatic carbocycles. The quantitative estimate of drug-likeness (QED) is 0.742. The first-order chi connectivity index (χ1) is 7.08. The van der Waals surface area contributed by atoms with Crippen molar-refractivity contribution < 1.29 is 14.7 Å².